The average molecular weight is 368 g/mol. The lowest BCUT2D eigenvalue weighted by Gasteiger charge is -2.16. The third-order valence-electron chi connectivity index (χ3n) is 3.03. The van der Waals surface area contributed by atoms with Gasteiger partial charge in [-0.05, 0) is 41.1 Å². The molecule has 0 fully saturated rings. The lowest BCUT2D eigenvalue weighted by atomic mass is 10.1. The number of benzene rings is 2. The quantitative estimate of drug-likeness (QED) is 0.847. The van der Waals surface area contributed by atoms with Gasteiger partial charge in [0.05, 0.1) is 22.3 Å². The van der Waals surface area contributed by atoms with Crippen LogP contribution in [0.3, 0.4) is 0 Å². The van der Waals surface area contributed by atoms with E-state index in [9.17, 15) is 4.21 Å². The van der Waals surface area contributed by atoms with Crippen LogP contribution in [0.5, 0.6) is 5.75 Å². The highest BCUT2D eigenvalue weighted by molar-refractivity contribution is 9.10. The summed E-state index contributed by atoms with van der Waals surface area (Å²) in [6, 6.07) is 14.8. The van der Waals surface area contributed by atoms with E-state index in [1.54, 1.807) is 0 Å². The highest BCUT2D eigenvalue weighted by atomic mass is 79.9. The van der Waals surface area contributed by atoms with Crippen molar-refractivity contribution in [2.75, 3.05) is 12.4 Å². The van der Waals surface area contributed by atoms with Gasteiger partial charge >= 0.3 is 0 Å². The number of hydrogen-bond acceptors (Lipinski definition) is 3. The minimum absolute atomic E-state index is 0.333. The second-order valence-corrected chi connectivity index (χ2v) is 6.84. The molecule has 0 spiro atoms. The number of halogens is 1. The zero-order chi connectivity index (χ0) is 15.2. The molecule has 0 amide bonds. The molecule has 0 aliphatic carbocycles. The Morgan fingerprint density at radius 3 is 2.57 bits per heavy atom. The predicted octanol–water partition coefficient (Wildman–Crippen LogP) is 3.66. The number of nitrogens with two attached hydrogens (primary N) is 1. The van der Waals surface area contributed by atoms with Gasteiger partial charge in [0.2, 0.25) is 0 Å². The molecule has 112 valence electrons. The van der Waals surface area contributed by atoms with Crippen molar-refractivity contribution in [3.05, 3.63) is 58.6 Å². The molecular weight excluding hydrogens is 350 g/mol. The summed E-state index contributed by atoms with van der Waals surface area (Å²) in [6.07, 6.45) is 0. The van der Waals surface area contributed by atoms with Crippen molar-refractivity contribution in [1.82, 2.24) is 0 Å². The van der Waals surface area contributed by atoms with Gasteiger partial charge in [-0.25, -0.2) is 0 Å². The first kappa shape index (κ1) is 16.2. The zero-order valence-corrected chi connectivity index (χ0v) is 14.2. The lowest BCUT2D eigenvalue weighted by Crippen LogP contribution is -2.19. The highest BCUT2D eigenvalue weighted by Crippen LogP contribution is 2.27. The van der Waals surface area contributed by atoms with Gasteiger partial charge in [-0.3, -0.25) is 4.21 Å². The highest BCUT2D eigenvalue weighted by Gasteiger charge is 2.17. The predicted molar refractivity (Wildman–Crippen MR) is 90.0 cm³/mol. The molecule has 2 rings (SSSR count). The van der Waals surface area contributed by atoms with Crippen molar-refractivity contribution in [3.63, 3.8) is 0 Å². The molecule has 0 saturated heterocycles. The fourth-order valence-electron chi connectivity index (χ4n) is 2.05. The number of hydrogen-bond donors (Lipinski definition) is 1. The molecule has 0 aromatic heterocycles. The van der Waals surface area contributed by atoms with Crippen LogP contribution in [0.4, 0.5) is 0 Å². The fourth-order valence-corrected chi connectivity index (χ4v) is 4.07. The Morgan fingerprint density at radius 2 is 1.86 bits per heavy atom. The SMILES string of the molecule is CCOc1ccccc1C(N)CS(=O)c1ccccc1Br. The molecule has 0 heterocycles. The molecule has 2 N–H and O–H groups in total. The second-order valence-electron chi connectivity index (χ2n) is 4.52. The molecule has 0 saturated carbocycles. The molecule has 0 aliphatic rings. The third-order valence-corrected chi connectivity index (χ3v) is 5.49. The molecule has 2 unspecified atom stereocenters. The van der Waals surface area contributed by atoms with Gasteiger partial charge in [0.15, 0.2) is 0 Å². The van der Waals surface area contributed by atoms with Crippen LogP contribution in [-0.2, 0) is 10.8 Å². The van der Waals surface area contributed by atoms with Crippen LogP contribution in [0.15, 0.2) is 57.9 Å². The fraction of sp³-hybridized carbons (Fsp3) is 0.250. The molecule has 21 heavy (non-hydrogen) atoms. The van der Waals surface area contributed by atoms with Crippen LogP contribution in [0.25, 0.3) is 0 Å². The van der Waals surface area contributed by atoms with E-state index in [0.29, 0.717) is 12.4 Å². The van der Waals surface area contributed by atoms with Crippen molar-refractivity contribution in [2.24, 2.45) is 5.73 Å². The van der Waals surface area contributed by atoms with E-state index in [2.05, 4.69) is 15.9 Å². The van der Waals surface area contributed by atoms with Crippen molar-refractivity contribution >= 4 is 26.7 Å². The molecule has 5 heteroatoms. The van der Waals surface area contributed by atoms with Crippen LogP contribution in [-0.4, -0.2) is 16.6 Å². The number of ether oxygens (including phenoxy) is 1. The minimum Gasteiger partial charge on any atom is -0.494 e. The van der Waals surface area contributed by atoms with Crippen LogP contribution in [0.2, 0.25) is 0 Å². The zero-order valence-electron chi connectivity index (χ0n) is 11.8. The molecule has 2 aromatic rings. The normalized spacial score (nSPS) is 13.7. The third kappa shape index (κ3) is 4.15. The van der Waals surface area contributed by atoms with Gasteiger partial charge in [-0.1, -0.05) is 30.3 Å². The maximum atomic E-state index is 12.5. The second kappa shape index (κ2) is 7.73. The van der Waals surface area contributed by atoms with E-state index < -0.39 is 10.8 Å². The van der Waals surface area contributed by atoms with Crippen LogP contribution in [0.1, 0.15) is 18.5 Å². The summed E-state index contributed by atoms with van der Waals surface area (Å²) < 4.78 is 18.9. The van der Waals surface area contributed by atoms with E-state index >= 15 is 0 Å². The van der Waals surface area contributed by atoms with Crippen molar-refractivity contribution in [1.29, 1.82) is 0 Å². The average Bonchev–Trinajstić information content (AvgIpc) is 2.48. The Kier molecular flexibility index (Phi) is 5.96. The van der Waals surface area contributed by atoms with E-state index in [1.165, 1.54) is 0 Å². The van der Waals surface area contributed by atoms with E-state index in [1.807, 2.05) is 55.5 Å². The Labute approximate surface area is 136 Å². The van der Waals surface area contributed by atoms with E-state index in [-0.39, 0.29) is 6.04 Å². The molecule has 2 aromatic carbocycles. The smallest absolute Gasteiger partial charge is 0.124 e. The first-order valence-electron chi connectivity index (χ1n) is 6.73. The number of para-hydroxylation sites is 1. The van der Waals surface area contributed by atoms with Gasteiger partial charge < -0.3 is 10.5 Å². The maximum absolute atomic E-state index is 12.5. The van der Waals surface area contributed by atoms with Gasteiger partial charge in [-0.2, -0.15) is 0 Å². The maximum Gasteiger partial charge on any atom is 0.124 e. The van der Waals surface area contributed by atoms with Crippen molar-refractivity contribution in [2.45, 2.75) is 17.9 Å². The van der Waals surface area contributed by atoms with E-state index in [0.717, 1.165) is 20.7 Å². The molecule has 0 bridgehead atoms. The molecule has 0 aliphatic heterocycles. The first-order valence-corrected chi connectivity index (χ1v) is 8.85. The van der Waals surface area contributed by atoms with Gasteiger partial charge in [0, 0.05) is 21.8 Å². The summed E-state index contributed by atoms with van der Waals surface area (Å²) in [5.41, 5.74) is 7.11. The summed E-state index contributed by atoms with van der Waals surface area (Å²) in [5, 5.41) is 0. The number of rotatable bonds is 6. The molecule has 0 radical (unpaired) electrons. The van der Waals surface area contributed by atoms with Gasteiger partial charge in [0.1, 0.15) is 5.75 Å². The van der Waals surface area contributed by atoms with Crippen molar-refractivity contribution < 1.29 is 8.95 Å². The van der Waals surface area contributed by atoms with Gasteiger partial charge in [-0.15, -0.1) is 0 Å². The van der Waals surface area contributed by atoms with Crippen LogP contribution < -0.4 is 10.5 Å². The van der Waals surface area contributed by atoms with E-state index in [4.69, 9.17) is 10.5 Å². The monoisotopic (exact) mass is 367 g/mol. The Hall–Kier alpha value is -1.17. The summed E-state index contributed by atoms with van der Waals surface area (Å²) in [6.45, 7) is 2.51. The largest absolute Gasteiger partial charge is 0.494 e. The summed E-state index contributed by atoms with van der Waals surface area (Å²) in [4.78, 5) is 0.766. The van der Waals surface area contributed by atoms with Crippen LogP contribution >= 0.6 is 15.9 Å². The Morgan fingerprint density at radius 1 is 1.19 bits per heavy atom. The summed E-state index contributed by atoms with van der Waals surface area (Å²) >= 11 is 3.42. The van der Waals surface area contributed by atoms with Crippen molar-refractivity contribution in [3.8, 4) is 5.75 Å². The molecule has 3 nitrogen and oxygen atoms in total. The molecule has 2 atom stereocenters. The Bertz CT molecular complexity index is 633. The standard InChI is InChI=1S/C16H18BrNO2S/c1-2-20-15-9-5-3-7-12(15)14(18)11-21(19)16-10-6-4-8-13(16)17/h3-10,14H,2,11,18H2,1H3. The Balaban J connectivity index is 2.17. The first-order chi connectivity index (χ1) is 10.1. The lowest BCUT2D eigenvalue weighted by molar-refractivity contribution is 0.335. The van der Waals surface area contributed by atoms with Gasteiger partial charge in [0.25, 0.3) is 0 Å². The minimum atomic E-state index is -1.17. The molecular formula is C16H18BrNO2S. The topological polar surface area (TPSA) is 52.3 Å². The summed E-state index contributed by atoms with van der Waals surface area (Å²) in [7, 11) is -1.17. The van der Waals surface area contributed by atoms with Crippen LogP contribution in [0, 0.1) is 0 Å². The summed E-state index contributed by atoms with van der Waals surface area (Å²) in [5.74, 6) is 1.11.